The van der Waals surface area contributed by atoms with Crippen LogP contribution in [0.3, 0.4) is 0 Å². The zero-order chi connectivity index (χ0) is 17.3. The molecule has 1 atom stereocenters. The molecule has 2 heterocycles. The molecule has 7 heteroatoms. The number of nitrogens with zero attached hydrogens (tertiary/aromatic N) is 2. The lowest BCUT2D eigenvalue weighted by Crippen LogP contribution is -2.39. The minimum Gasteiger partial charge on any atom is -0.469 e. The molecular formula is C17H17F3N2O2. The van der Waals surface area contributed by atoms with Gasteiger partial charge in [-0.15, -0.1) is 0 Å². The summed E-state index contributed by atoms with van der Waals surface area (Å²) < 4.78 is 44.4. The van der Waals surface area contributed by atoms with Gasteiger partial charge in [-0.2, -0.15) is 13.2 Å². The van der Waals surface area contributed by atoms with Gasteiger partial charge in [0.15, 0.2) is 0 Å². The van der Waals surface area contributed by atoms with Crippen LogP contribution in [-0.2, 0) is 15.7 Å². The molecule has 1 aromatic heterocycles. The zero-order valence-electron chi connectivity index (χ0n) is 13.1. The van der Waals surface area contributed by atoms with Crippen LogP contribution in [0.4, 0.5) is 18.9 Å². The van der Waals surface area contributed by atoms with Gasteiger partial charge in [-0.3, -0.25) is 9.78 Å². The van der Waals surface area contributed by atoms with E-state index >= 15 is 0 Å². The van der Waals surface area contributed by atoms with Gasteiger partial charge in [-0.1, -0.05) is 0 Å². The number of alkyl halides is 3. The highest BCUT2D eigenvalue weighted by Gasteiger charge is 2.34. The van der Waals surface area contributed by atoms with Gasteiger partial charge in [0.2, 0.25) is 0 Å². The predicted octanol–water partition coefficient (Wildman–Crippen LogP) is 3.64. The van der Waals surface area contributed by atoms with E-state index in [1.54, 1.807) is 12.1 Å². The minimum atomic E-state index is -4.46. The third-order valence-corrected chi connectivity index (χ3v) is 4.35. The van der Waals surface area contributed by atoms with E-state index in [9.17, 15) is 18.0 Å². The number of carbonyl (C=O) groups is 1. The van der Waals surface area contributed by atoms with Crippen molar-refractivity contribution >= 4 is 22.6 Å². The van der Waals surface area contributed by atoms with Crippen molar-refractivity contribution in [2.75, 3.05) is 25.1 Å². The van der Waals surface area contributed by atoms with Crippen LogP contribution in [0.25, 0.3) is 10.9 Å². The topological polar surface area (TPSA) is 42.4 Å². The van der Waals surface area contributed by atoms with E-state index in [2.05, 4.69) is 4.98 Å². The second-order valence-corrected chi connectivity index (χ2v) is 5.84. The number of benzene rings is 1. The highest BCUT2D eigenvalue weighted by atomic mass is 19.4. The van der Waals surface area contributed by atoms with Gasteiger partial charge >= 0.3 is 12.1 Å². The maximum Gasteiger partial charge on any atom is 0.418 e. The summed E-state index contributed by atoms with van der Waals surface area (Å²) in [5.74, 6) is -0.549. The summed E-state index contributed by atoms with van der Waals surface area (Å²) in [5.41, 5.74) is -0.147. The van der Waals surface area contributed by atoms with Crippen LogP contribution in [0.15, 0.2) is 30.5 Å². The molecular weight excluding hydrogens is 321 g/mol. The van der Waals surface area contributed by atoms with Crippen molar-refractivity contribution in [1.82, 2.24) is 4.98 Å². The first-order valence-electron chi connectivity index (χ1n) is 7.69. The van der Waals surface area contributed by atoms with Gasteiger partial charge in [0.1, 0.15) is 0 Å². The molecule has 4 nitrogen and oxygen atoms in total. The van der Waals surface area contributed by atoms with E-state index in [0.717, 1.165) is 18.9 Å². The molecule has 1 saturated heterocycles. The average Bonchev–Trinajstić information content (AvgIpc) is 2.59. The molecule has 24 heavy (non-hydrogen) atoms. The van der Waals surface area contributed by atoms with E-state index in [0.29, 0.717) is 24.2 Å². The predicted molar refractivity (Wildman–Crippen MR) is 83.7 cm³/mol. The first kappa shape index (κ1) is 16.5. The molecule has 0 amide bonds. The Hall–Kier alpha value is -2.31. The molecule has 0 radical (unpaired) electrons. The normalized spacial score (nSPS) is 18.7. The van der Waals surface area contributed by atoms with E-state index in [4.69, 9.17) is 4.74 Å². The molecule has 1 fully saturated rings. The summed E-state index contributed by atoms with van der Waals surface area (Å²) in [7, 11) is 1.35. The SMILES string of the molecule is COC(=O)C1CCCN(c2ccc(C(F)(F)F)c3ncccc23)C1. The maximum atomic E-state index is 13.2. The number of rotatable bonds is 2. The van der Waals surface area contributed by atoms with Crippen molar-refractivity contribution in [1.29, 1.82) is 0 Å². The van der Waals surface area contributed by atoms with Crippen LogP contribution < -0.4 is 4.90 Å². The number of pyridine rings is 1. The second-order valence-electron chi connectivity index (χ2n) is 5.84. The van der Waals surface area contributed by atoms with Crippen LogP contribution in [-0.4, -0.2) is 31.2 Å². The number of halogens is 3. The van der Waals surface area contributed by atoms with Crippen molar-refractivity contribution in [2.24, 2.45) is 5.92 Å². The quantitative estimate of drug-likeness (QED) is 0.784. The van der Waals surface area contributed by atoms with Crippen LogP contribution in [0, 0.1) is 5.92 Å². The van der Waals surface area contributed by atoms with Crippen molar-refractivity contribution in [3.05, 3.63) is 36.0 Å². The van der Waals surface area contributed by atoms with E-state index < -0.39 is 11.7 Å². The number of aromatic nitrogens is 1. The Balaban J connectivity index is 2.03. The third kappa shape index (κ3) is 3.02. The molecule has 1 unspecified atom stereocenters. The fourth-order valence-corrected chi connectivity index (χ4v) is 3.22. The van der Waals surface area contributed by atoms with Gasteiger partial charge in [0.05, 0.1) is 24.1 Å². The van der Waals surface area contributed by atoms with Gasteiger partial charge in [0, 0.05) is 30.4 Å². The Morgan fingerprint density at radius 1 is 1.33 bits per heavy atom. The number of carbonyl (C=O) groups excluding carboxylic acids is 1. The molecule has 128 valence electrons. The van der Waals surface area contributed by atoms with E-state index in [-0.39, 0.29) is 17.4 Å². The number of anilines is 1. The van der Waals surface area contributed by atoms with Crippen molar-refractivity contribution in [3.63, 3.8) is 0 Å². The van der Waals surface area contributed by atoms with Crippen molar-refractivity contribution in [3.8, 4) is 0 Å². The Morgan fingerprint density at radius 3 is 2.83 bits per heavy atom. The first-order valence-corrected chi connectivity index (χ1v) is 7.69. The lowest BCUT2D eigenvalue weighted by Gasteiger charge is -2.34. The number of esters is 1. The van der Waals surface area contributed by atoms with Crippen LogP contribution >= 0.6 is 0 Å². The summed E-state index contributed by atoms with van der Waals surface area (Å²) in [5, 5.41) is 0.442. The molecule has 0 N–H and O–H groups in total. The van der Waals surface area contributed by atoms with Crippen LogP contribution in [0.1, 0.15) is 18.4 Å². The highest BCUT2D eigenvalue weighted by Crippen LogP contribution is 2.38. The van der Waals surface area contributed by atoms with Crippen LogP contribution in [0.2, 0.25) is 0 Å². The Morgan fingerprint density at radius 2 is 2.12 bits per heavy atom. The zero-order valence-corrected chi connectivity index (χ0v) is 13.1. The Labute approximate surface area is 137 Å². The smallest absolute Gasteiger partial charge is 0.418 e. The summed E-state index contributed by atoms with van der Waals surface area (Å²) >= 11 is 0. The summed E-state index contributed by atoms with van der Waals surface area (Å²) in [6.07, 6.45) is -1.60. The highest BCUT2D eigenvalue weighted by molar-refractivity contribution is 5.94. The lowest BCUT2D eigenvalue weighted by atomic mass is 9.96. The first-order chi connectivity index (χ1) is 11.4. The maximum absolute atomic E-state index is 13.2. The number of piperidine rings is 1. The van der Waals surface area contributed by atoms with Crippen LogP contribution in [0.5, 0.6) is 0 Å². The van der Waals surface area contributed by atoms with Gasteiger partial charge in [-0.05, 0) is 37.1 Å². The Kier molecular flexibility index (Phi) is 4.34. The molecule has 1 aliphatic rings. The number of fused-ring (bicyclic) bond motifs is 1. The molecule has 1 aromatic carbocycles. The summed E-state index contributed by atoms with van der Waals surface area (Å²) in [6.45, 7) is 1.12. The Bertz CT molecular complexity index is 761. The minimum absolute atomic E-state index is 0.0670. The van der Waals surface area contributed by atoms with Gasteiger partial charge in [-0.25, -0.2) is 0 Å². The van der Waals surface area contributed by atoms with Gasteiger partial charge < -0.3 is 9.64 Å². The molecule has 0 aliphatic carbocycles. The molecule has 1 aliphatic heterocycles. The fourth-order valence-electron chi connectivity index (χ4n) is 3.22. The molecule has 2 aromatic rings. The largest absolute Gasteiger partial charge is 0.469 e. The number of methoxy groups -OCH3 is 1. The third-order valence-electron chi connectivity index (χ3n) is 4.35. The summed E-state index contributed by atoms with van der Waals surface area (Å²) in [6, 6.07) is 5.78. The van der Waals surface area contributed by atoms with Crippen molar-refractivity contribution < 1.29 is 22.7 Å². The standard InChI is InChI=1S/C17H17F3N2O2/c1-24-16(23)11-4-3-9-22(10-11)14-7-6-13(17(18,19)20)15-12(14)5-2-8-21-15/h2,5-8,11H,3-4,9-10H2,1H3. The van der Waals surface area contributed by atoms with Gasteiger partial charge in [0.25, 0.3) is 0 Å². The second kappa shape index (κ2) is 6.30. The molecule has 0 spiro atoms. The van der Waals surface area contributed by atoms with Crippen molar-refractivity contribution in [2.45, 2.75) is 19.0 Å². The average molecular weight is 338 g/mol. The number of hydrogen-bond acceptors (Lipinski definition) is 4. The lowest BCUT2D eigenvalue weighted by molar-refractivity contribution is -0.145. The number of hydrogen-bond donors (Lipinski definition) is 0. The summed E-state index contributed by atoms with van der Waals surface area (Å²) in [4.78, 5) is 17.7. The monoisotopic (exact) mass is 338 g/mol. The molecule has 0 saturated carbocycles. The van der Waals surface area contributed by atoms with E-state index in [1.165, 1.54) is 19.4 Å². The molecule has 0 bridgehead atoms. The molecule has 3 rings (SSSR count). The number of ether oxygens (including phenoxy) is 1. The fraction of sp³-hybridized carbons (Fsp3) is 0.412. The van der Waals surface area contributed by atoms with E-state index in [1.807, 2.05) is 4.90 Å².